The van der Waals surface area contributed by atoms with Gasteiger partial charge in [-0.15, -0.1) is 0 Å². The maximum absolute atomic E-state index is 12.8. The van der Waals surface area contributed by atoms with Gasteiger partial charge in [0, 0.05) is 12.8 Å². The Morgan fingerprint density at radius 1 is 0.362 bits per heavy atom. The van der Waals surface area contributed by atoms with Crippen LogP contribution in [0.1, 0.15) is 367 Å². The van der Waals surface area contributed by atoms with Crippen LogP contribution < -0.4 is 5.11 Å². The molecule has 0 aromatic rings. The molecule has 0 spiro atoms. The highest BCUT2D eigenvalue weighted by Gasteiger charge is 2.22. The predicted octanol–water partition coefficient (Wildman–Crippen LogP) is 20.3. The van der Waals surface area contributed by atoms with Crippen molar-refractivity contribution in [2.75, 3.05) is 47.5 Å². The summed E-state index contributed by atoms with van der Waals surface area (Å²) in [4.78, 5) is 37.3. The highest BCUT2D eigenvalue weighted by atomic mass is 16.7. The van der Waals surface area contributed by atoms with E-state index in [2.05, 4.69) is 26.0 Å². The van der Waals surface area contributed by atoms with Crippen LogP contribution in [0.25, 0.3) is 0 Å². The summed E-state index contributed by atoms with van der Waals surface area (Å²) < 4.78 is 22.7. The van der Waals surface area contributed by atoms with Gasteiger partial charge in [0.05, 0.1) is 40.3 Å². The van der Waals surface area contributed by atoms with Gasteiger partial charge < -0.3 is 33.3 Å². The molecule has 0 aromatic carbocycles. The topological polar surface area (TPSA) is 111 Å². The van der Waals surface area contributed by atoms with Crippen molar-refractivity contribution in [2.45, 2.75) is 379 Å². The number of ether oxygens (including phenoxy) is 4. The molecule has 0 rings (SSSR count). The van der Waals surface area contributed by atoms with E-state index in [-0.39, 0.29) is 32.2 Å². The van der Waals surface area contributed by atoms with Crippen LogP contribution in [-0.2, 0) is 33.3 Å². The van der Waals surface area contributed by atoms with Gasteiger partial charge in [0.25, 0.3) is 0 Å². The molecule has 0 radical (unpaired) electrons. The number of carboxylic acid groups (broad SMARTS) is 1. The molecule has 9 heteroatoms. The number of esters is 2. The molecule has 0 saturated heterocycles. The van der Waals surface area contributed by atoms with Gasteiger partial charge in [-0.25, -0.2) is 0 Å². The number of quaternary nitrogens is 1. The average Bonchev–Trinajstić information content (AvgIpc) is 3.43. The zero-order valence-corrected chi connectivity index (χ0v) is 54.2. The first kappa shape index (κ1) is 78.0. The third-order valence-electron chi connectivity index (χ3n) is 16.3. The summed E-state index contributed by atoms with van der Waals surface area (Å²) in [6, 6.07) is 0. The molecule has 0 aliphatic carbocycles. The van der Waals surface area contributed by atoms with E-state index in [1.807, 2.05) is 21.1 Å². The molecule has 0 aliphatic heterocycles. The summed E-state index contributed by atoms with van der Waals surface area (Å²) in [5.41, 5.74) is 0. The number of carbonyl (C=O) groups is 3. The standard InChI is InChI=1S/C71H137NO8/c1-6-8-10-12-14-16-18-20-22-23-24-25-26-27-28-29-30-31-32-33-34-35-36-37-38-39-40-41-42-43-44-45-46-47-48-50-51-53-55-57-59-61-68(73)78-65-67(66-79-71(70(75)76)77-64-63-72(3,4)5)80-69(74)62-60-58-56-54-52-49-21-19-17-15-13-11-9-7-2/h19,21,67,71H,6-18,20,22-66H2,1-5H3/b21-19-. The van der Waals surface area contributed by atoms with E-state index in [0.29, 0.717) is 23.9 Å². The van der Waals surface area contributed by atoms with Gasteiger partial charge in [-0.05, 0) is 38.5 Å². The molecule has 9 nitrogen and oxygen atoms in total. The van der Waals surface area contributed by atoms with Crippen molar-refractivity contribution in [1.29, 1.82) is 0 Å². The fourth-order valence-corrected chi connectivity index (χ4v) is 10.8. The molecule has 0 fully saturated rings. The Balaban J connectivity index is 3.83. The Morgan fingerprint density at radius 3 is 0.925 bits per heavy atom. The number of aliphatic carboxylic acids is 1. The molecule has 0 amide bonds. The highest BCUT2D eigenvalue weighted by molar-refractivity contribution is 5.70. The quantitative estimate of drug-likeness (QED) is 0.0195. The van der Waals surface area contributed by atoms with Gasteiger partial charge in [-0.3, -0.25) is 9.59 Å². The molecule has 0 aromatic heterocycles. The molecule has 474 valence electrons. The maximum atomic E-state index is 12.8. The minimum absolute atomic E-state index is 0.150. The van der Waals surface area contributed by atoms with Crippen molar-refractivity contribution in [3.8, 4) is 0 Å². The summed E-state index contributed by atoms with van der Waals surface area (Å²) in [6.45, 7) is 4.79. The van der Waals surface area contributed by atoms with Crippen molar-refractivity contribution in [3.63, 3.8) is 0 Å². The Hall–Kier alpha value is -1.97. The second kappa shape index (κ2) is 63.1. The van der Waals surface area contributed by atoms with Crippen LogP contribution in [0.3, 0.4) is 0 Å². The van der Waals surface area contributed by atoms with Gasteiger partial charge in [0.2, 0.25) is 0 Å². The lowest BCUT2D eigenvalue weighted by atomic mass is 10.0. The Morgan fingerprint density at radius 2 is 0.637 bits per heavy atom. The Labute approximate surface area is 497 Å². The van der Waals surface area contributed by atoms with Gasteiger partial charge in [0.1, 0.15) is 13.2 Å². The Bertz CT molecular complexity index is 1320. The van der Waals surface area contributed by atoms with Gasteiger partial charge in [-0.1, -0.05) is 328 Å². The minimum Gasteiger partial charge on any atom is -0.545 e. The molecule has 0 heterocycles. The van der Waals surface area contributed by atoms with Crippen molar-refractivity contribution >= 4 is 17.9 Å². The second-order valence-corrected chi connectivity index (χ2v) is 25.5. The molecule has 0 aliphatic rings. The second-order valence-electron chi connectivity index (χ2n) is 25.5. The summed E-state index contributed by atoms with van der Waals surface area (Å²) in [6.07, 6.45) is 73.4. The first-order chi connectivity index (χ1) is 39.1. The molecular formula is C71H137NO8. The lowest BCUT2D eigenvalue weighted by Gasteiger charge is -2.26. The Kier molecular flexibility index (Phi) is 61.5. The largest absolute Gasteiger partial charge is 0.545 e. The number of carbonyl (C=O) groups excluding carboxylic acids is 3. The highest BCUT2D eigenvalue weighted by Crippen LogP contribution is 2.19. The lowest BCUT2D eigenvalue weighted by Crippen LogP contribution is -2.44. The number of unbranched alkanes of at least 4 members (excludes halogenated alkanes) is 50. The number of rotatable bonds is 67. The van der Waals surface area contributed by atoms with Crippen LogP contribution in [0.5, 0.6) is 0 Å². The molecule has 0 saturated carbocycles. The van der Waals surface area contributed by atoms with Crippen LogP contribution in [0.4, 0.5) is 0 Å². The van der Waals surface area contributed by atoms with Crippen LogP contribution >= 0.6 is 0 Å². The van der Waals surface area contributed by atoms with E-state index in [4.69, 9.17) is 18.9 Å². The third-order valence-corrected chi connectivity index (χ3v) is 16.3. The summed E-state index contributed by atoms with van der Waals surface area (Å²) in [5, 5.41) is 11.8. The first-order valence-corrected chi connectivity index (χ1v) is 35.3. The van der Waals surface area contributed by atoms with E-state index in [1.165, 1.54) is 283 Å². The molecule has 0 N–H and O–H groups in total. The van der Waals surface area contributed by atoms with Crippen molar-refractivity contribution in [3.05, 3.63) is 12.2 Å². The van der Waals surface area contributed by atoms with Crippen LogP contribution in [0, 0.1) is 0 Å². The van der Waals surface area contributed by atoms with E-state index < -0.39 is 24.3 Å². The fraction of sp³-hybridized carbons (Fsp3) is 0.930. The van der Waals surface area contributed by atoms with Gasteiger partial charge in [-0.2, -0.15) is 0 Å². The predicted molar refractivity (Wildman–Crippen MR) is 339 cm³/mol. The summed E-state index contributed by atoms with van der Waals surface area (Å²) in [7, 11) is 5.93. The minimum atomic E-state index is -1.62. The number of hydrogen-bond acceptors (Lipinski definition) is 8. The van der Waals surface area contributed by atoms with E-state index in [0.717, 1.165) is 51.4 Å². The van der Waals surface area contributed by atoms with Gasteiger partial charge >= 0.3 is 11.9 Å². The average molecular weight is 1130 g/mol. The maximum Gasteiger partial charge on any atom is 0.306 e. The van der Waals surface area contributed by atoms with Crippen molar-refractivity contribution in [1.82, 2.24) is 0 Å². The lowest BCUT2D eigenvalue weighted by molar-refractivity contribution is -0.870. The van der Waals surface area contributed by atoms with Crippen LogP contribution in [0.15, 0.2) is 12.2 Å². The van der Waals surface area contributed by atoms with Gasteiger partial charge in [0.15, 0.2) is 12.4 Å². The van der Waals surface area contributed by atoms with Crippen molar-refractivity contribution < 1.29 is 42.9 Å². The summed E-state index contributed by atoms with van der Waals surface area (Å²) in [5.74, 6) is -2.27. The molecule has 2 unspecified atom stereocenters. The fourth-order valence-electron chi connectivity index (χ4n) is 10.8. The zero-order chi connectivity index (χ0) is 58.3. The number of hydrogen-bond donors (Lipinski definition) is 0. The molecule has 80 heavy (non-hydrogen) atoms. The molecule has 2 atom stereocenters. The zero-order valence-electron chi connectivity index (χ0n) is 54.2. The molecular weight excluding hydrogens is 995 g/mol. The number of allylic oxidation sites excluding steroid dienone is 2. The summed E-state index contributed by atoms with van der Waals surface area (Å²) >= 11 is 0. The normalized spacial score (nSPS) is 12.7. The number of nitrogens with zero attached hydrogens (tertiary/aromatic N) is 1. The molecule has 0 bridgehead atoms. The van der Waals surface area contributed by atoms with Crippen molar-refractivity contribution in [2.24, 2.45) is 0 Å². The van der Waals surface area contributed by atoms with E-state index in [9.17, 15) is 19.5 Å². The smallest absolute Gasteiger partial charge is 0.306 e. The SMILES string of the molecule is CCCCCCC/C=C\CCCCCCCC(=O)OC(COC(=O)CCCCCCCCCCCCCCCCCCCCCCCCCCCCCCCCCCCCCCCCCCC)COC(OCC[N+](C)(C)C)C(=O)[O-]. The third kappa shape index (κ3) is 63.6. The van der Waals surface area contributed by atoms with E-state index >= 15 is 0 Å². The van der Waals surface area contributed by atoms with Crippen LogP contribution in [0.2, 0.25) is 0 Å². The monoisotopic (exact) mass is 1130 g/mol. The first-order valence-electron chi connectivity index (χ1n) is 35.3. The van der Waals surface area contributed by atoms with E-state index in [1.54, 1.807) is 0 Å². The number of carboxylic acids is 1. The van der Waals surface area contributed by atoms with Crippen LogP contribution in [-0.4, -0.2) is 82.3 Å². The number of likely N-dealkylation sites (N-methyl/N-ethyl adjacent to an activating group) is 1.